The second-order valence-corrected chi connectivity index (χ2v) is 16.5. The predicted octanol–water partition coefficient (Wildman–Crippen LogP) is 14.6. The van der Waals surface area contributed by atoms with Crippen molar-refractivity contribution in [2.45, 2.75) is 244 Å². The van der Waals surface area contributed by atoms with Crippen molar-refractivity contribution in [3.8, 4) is 0 Å². The van der Waals surface area contributed by atoms with Gasteiger partial charge in [-0.2, -0.15) is 0 Å². The second-order valence-electron chi connectivity index (χ2n) is 16.5. The summed E-state index contributed by atoms with van der Waals surface area (Å²) in [6.07, 6.45) is 58.1. The van der Waals surface area contributed by atoms with Crippen LogP contribution in [0.3, 0.4) is 0 Å². The first-order chi connectivity index (χ1) is 29.0. The Kier molecular flexibility index (Phi) is 44.2. The van der Waals surface area contributed by atoms with E-state index in [1.807, 2.05) is 0 Å². The quantitative estimate of drug-likeness (QED) is 0.0246. The van der Waals surface area contributed by atoms with Gasteiger partial charge in [0.15, 0.2) is 0 Å². The van der Waals surface area contributed by atoms with Crippen molar-refractivity contribution >= 4 is 11.9 Å². The summed E-state index contributed by atoms with van der Waals surface area (Å²) >= 11 is 0. The zero-order chi connectivity index (χ0) is 43.1. The highest BCUT2D eigenvalue weighted by molar-refractivity contribution is 5.77. The molecule has 1 amide bonds. The minimum Gasteiger partial charge on any atom is -0.462 e. The Labute approximate surface area is 364 Å². The van der Waals surface area contributed by atoms with E-state index in [1.165, 1.54) is 83.5 Å². The molecule has 0 aliphatic rings. The van der Waals surface area contributed by atoms with Crippen molar-refractivity contribution in [3.05, 3.63) is 72.9 Å². The maximum atomic E-state index is 13.2. The lowest BCUT2D eigenvalue weighted by molar-refractivity contribution is -0.151. The number of aliphatic hydroxyl groups is 2. The zero-order valence-corrected chi connectivity index (χ0v) is 38.6. The maximum Gasteiger partial charge on any atom is 0.306 e. The molecule has 6 heteroatoms. The van der Waals surface area contributed by atoms with Crippen LogP contribution in [0.5, 0.6) is 0 Å². The maximum absolute atomic E-state index is 13.2. The van der Waals surface area contributed by atoms with Crippen LogP contribution in [0.2, 0.25) is 0 Å². The fourth-order valence-corrected chi connectivity index (χ4v) is 7.08. The van der Waals surface area contributed by atoms with Gasteiger partial charge in [0, 0.05) is 6.42 Å². The van der Waals surface area contributed by atoms with E-state index in [2.05, 4.69) is 99.0 Å². The van der Waals surface area contributed by atoms with E-state index in [1.54, 1.807) is 0 Å². The number of ether oxygens (including phenoxy) is 1. The minimum atomic E-state index is -0.803. The van der Waals surface area contributed by atoms with E-state index in [9.17, 15) is 19.8 Å². The van der Waals surface area contributed by atoms with Gasteiger partial charge in [-0.15, -0.1) is 0 Å². The average Bonchev–Trinajstić information content (AvgIpc) is 3.23. The van der Waals surface area contributed by atoms with Crippen molar-refractivity contribution in [2.24, 2.45) is 0 Å². The van der Waals surface area contributed by atoms with Crippen LogP contribution < -0.4 is 5.32 Å². The molecular weight excluding hydrogens is 731 g/mol. The van der Waals surface area contributed by atoms with Crippen LogP contribution in [0.25, 0.3) is 0 Å². The first-order valence-corrected chi connectivity index (χ1v) is 24.7. The third-order valence-corrected chi connectivity index (χ3v) is 10.8. The number of nitrogens with one attached hydrogen (secondary N) is 1. The molecule has 3 N–H and O–H groups in total. The van der Waals surface area contributed by atoms with Crippen LogP contribution in [0.4, 0.5) is 0 Å². The Balaban J connectivity index is 4.71. The van der Waals surface area contributed by atoms with Gasteiger partial charge < -0.3 is 20.3 Å². The van der Waals surface area contributed by atoms with Gasteiger partial charge in [-0.3, -0.25) is 9.59 Å². The van der Waals surface area contributed by atoms with Gasteiger partial charge in [0.25, 0.3) is 0 Å². The summed E-state index contributed by atoms with van der Waals surface area (Å²) in [5, 5.41) is 23.7. The van der Waals surface area contributed by atoms with Gasteiger partial charge in [0.1, 0.15) is 6.10 Å². The first-order valence-electron chi connectivity index (χ1n) is 24.7. The van der Waals surface area contributed by atoms with Crippen LogP contribution in [0.1, 0.15) is 226 Å². The molecule has 0 aromatic heterocycles. The Hall–Kier alpha value is -2.70. The molecule has 6 nitrogen and oxygen atoms in total. The predicted molar refractivity (Wildman–Crippen MR) is 255 cm³/mol. The van der Waals surface area contributed by atoms with E-state index in [0.717, 1.165) is 96.3 Å². The Morgan fingerprint density at radius 2 is 0.983 bits per heavy atom. The number of hydrogen-bond acceptors (Lipinski definition) is 5. The summed E-state index contributed by atoms with van der Waals surface area (Å²) in [6, 6.07) is -0.720. The molecule has 340 valence electrons. The number of allylic oxidation sites excluding steroid dienone is 12. The number of carbonyl (C=O) groups is 2. The number of rotatable bonds is 43. The summed E-state index contributed by atoms with van der Waals surface area (Å²) in [7, 11) is 0. The monoisotopic (exact) mass is 824 g/mol. The number of aliphatic hydroxyl groups excluding tert-OH is 2. The highest BCUT2D eigenvalue weighted by atomic mass is 16.5. The molecule has 3 unspecified atom stereocenters. The highest BCUT2D eigenvalue weighted by Gasteiger charge is 2.24. The van der Waals surface area contributed by atoms with Gasteiger partial charge in [-0.1, -0.05) is 203 Å². The molecule has 0 heterocycles. The van der Waals surface area contributed by atoms with Crippen LogP contribution in [0.15, 0.2) is 72.9 Å². The molecule has 0 fully saturated rings. The minimum absolute atomic E-state index is 0.0405. The molecule has 0 bridgehead atoms. The lowest BCUT2D eigenvalue weighted by Crippen LogP contribution is -2.46. The SMILES string of the molecule is CC/C=C/C=C/C=C\CCCCCCCC(=O)OC(CCCC/C=C\C/C=C\C/C=C\CCCCC)CC(=O)NC(CO)C(O)CCCCCCCCCCCCCC. The molecule has 0 aliphatic carbocycles. The average molecular weight is 824 g/mol. The molecule has 0 saturated carbocycles. The lowest BCUT2D eigenvalue weighted by atomic mass is 10.0. The van der Waals surface area contributed by atoms with E-state index < -0.39 is 18.2 Å². The highest BCUT2D eigenvalue weighted by Crippen LogP contribution is 2.17. The molecule has 0 aromatic rings. The number of unbranched alkanes of at least 4 members (excludes halogenated alkanes) is 21. The standard InChI is InChI=1S/C53H93NO5/c1-4-7-10-13-16-19-22-25-26-28-29-32-35-38-41-44-49(59-53(58)46-43-40-37-34-31-27-23-20-17-14-11-8-5-2)47-52(57)54-50(48-55)51(56)45-42-39-36-33-30-24-21-18-15-12-9-6-3/h8,11,14,16-17,19-20,23,25-26,29,32,49-51,55-56H,4-7,9-10,12-13,15,18,21-22,24,27-28,30-31,33-48H2,1-3H3,(H,54,57)/b11-8+,17-14+,19-16-,23-20-,26-25-,32-29-. The van der Waals surface area contributed by atoms with Gasteiger partial charge >= 0.3 is 5.97 Å². The summed E-state index contributed by atoms with van der Waals surface area (Å²) in [5.74, 6) is -0.539. The molecule has 0 saturated heterocycles. The van der Waals surface area contributed by atoms with Crippen molar-refractivity contribution in [2.75, 3.05) is 6.61 Å². The van der Waals surface area contributed by atoms with Crippen LogP contribution in [-0.2, 0) is 14.3 Å². The number of amides is 1. The van der Waals surface area contributed by atoms with Crippen LogP contribution in [0, 0.1) is 0 Å². The smallest absolute Gasteiger partial charge is 0.306 e. The van der Waals surface area contributed by atoms with Crippen molar-refractivity contribution in [1.29, 1.82) is 0 Å². The molecule has 0 aromatic carbocycles. The summed E-state index contributed by atoms with van der Waals surface area (Å²) in [4.78, 5) is 26.1. The van der Waals surface area contributed by atoms with Gasteiger partial charge in [0.05, 0.1) is 25.2 Å². The van der Waals surface area contributed by atoms with E-state index >= 15 is 0 Å². The largest absolute Gasteiger partial charge is 0.462 e. The third kappa shape index (κ3) is 41.8. The summed E-state index contributed by atoms with van der Waals surface area (Å²) in [6.45, 7) is 6.29. The molecule has 0 radical (unpaired) electrons. The number of hydrogen-bond donors (Lipinski definition) is 3. The number of carbonyl (C=O) groups excluding carboxylic acids is 2. The van der Waals surface area contributed by atoms with E-state index in [-0.39, 0.29) is 24.9 Å². The Morgan fingerprint density at radius 1 is 0.525 bits per heavy atom. The zero-order valence-electron chi connectivity index (χ0n) is 38.6. The molecular formula is C53H93NO5. The first kappa shape index (κ1) is 56.3. The van der Waals surface area contributed by atoms with Gasteiger partial charge in [-0.05, 0) is 83.5 Å². The molecule has 3 atom stereocenters. The van der Waals surface area contributed by atoms with E-state index in [0.29, 0.717) is 19.3 Å². The summed E-state index contributed by atoms with van der Waals surface area (Å²) < 4.78 is 5.89. The fourth-order valence-electron chi connectivity index (χ4n) is 7.08. The second kappa shape index (κ2) is 46.4. The van der Waals surface area contributed by atoms with Crippen molar-refractivity contribution in [3.63, 3.8) is 0 Å². The molecule has 59 heavy (non-hydrogen) atoms. The molecule has 0 spiro atoms. The van der Waals surface area contributed by atoms with Gasteiger partial charge in [-0.25, -0.2) is 0 Å². The molecule has 0 aliphatic heterocycles. The Bertz CT molecular complexity index is 1110. The van der Waals surface area contributed by atoms with Crippen LogP contribution in [-0.4, -0.2) is 46.9 Å². The molecule has 0 rings (SSSR count). The normalized spacial score (nSPS) is 13.9. The third-order valence-electron chi connectivity index (χ3n) is 10.8. The van der Waals surface area contributed by atoms with Crippen molar-refractivity contribution in [1.82, 2.24) is 5.32 Å². The van der Waals surface area contributed by atoms with Crippen LogP contribution >= 0.6 is 0 Å². The summed E-state index contributed by atoms with van der Waals surface area (Å²) in [5.41, 5.74) is 0. The van der Waals surface area contributed by atoms with Gasteiger partial charge in [0.2, 0.25) is 5.91 Å². The Morgan fingerprint density at radius 3 is 1.58 bits per heavy atom. The van der Waals surface area contributed by atoms with Crippen molar-refractivity contribution < 1.29 is 24.5 Å². The van der Waals surface area contributed by atoms with E-state index in [4.69, 9.17) is 4.74 Å². The lowest BCUT2D eigenvalue weighted by Gasteiger charge is -2.24. The topological polar surface area (TPSA) is 95.9 Å². The fraction of sp³-hybridized carbons (Fsp3) is 0.736. The number of esters is 1.